The highest BCUT2D eigenvalue weighted by Gasteiger charge is 2.38. The normalized spacial score (nSPS) is 27.3. The first kappa shape index (κ1) is 32.1. The van der Waals surface area contributed by atoms with E-state index in [9.17, 15) is 9.80 Å². The minimum absolute atomic E-state index is 0.183. The van der Waals surface area contributed by atoms with Crippen LogP contribution in [0.4, 0.5) is 4.39 Å². The minimum atomic E-state index is -0.183. The van der Waals surface area contributed by atoms with Gasteiger partial charge < -0.3 is 20.4 Å². The average Bonchev–Trinajstić information content (AvgIpc) is 3.48. The quantitative estimate of drug-likeness (QED) is 0.250. The van der Waals surface area contributed by atoms with Crippen molar-refractivity contribution in [3.8, 4) is 0 Å². The number of rotatable bonds is 12. The molecule has 0 aromatic heterocycles. The molecule has 1 aromatic rings. The summed E-state index contributed by atoms with van der Waals surface area (Å²) in [4.78, 5) is 11.7. The van der Waals surface area contributed by atoms with Crippen LogP contribution in [0.1, 0.15) is 110 Å². The van der Waals surface area contributed by atoms with Crippen molar-refractivity contribution in [2.24, 2.45) is 33.9 Å². The molecule has 0 amide bonds. The number of hydrogen-bond donors (Lipinski definition) is 2. The van der Waals surface area contributed by atoms with Crippen LogP contribution in [-0.2, 0) is 6.42 Å². The first-order chi connectivity index (χ1) is 20.7. The maximum absolute atomic E-state index is 13.6. The van der Waals surface area contributed by atoms with Gasteiger partial charge in [-0.1, -0.05) is 65.0 Å². The Morgan fingerprint density at radius 1 is 0.930 bits per heavy atom. The lowest BCUT2D eigenvalue weighted by Crippen LogP contribution is -2.42. The number of aliphatic imine (C=N–C) groups is 1. The van der Waals surface area contributed by atoms with Gasteiger partial charge >= 0.3 is 0 Å². The summed E-state index contributed by atoms with van der Waals surface area (Å²) in [6.07, 6.45) is 17.6. The fourth-order valence-electron chi connectivity index (χ4n) is 8.47. The minimum Gasteiger partial charge on any atom is -0.370 e. The maximum Gasteiger partial charge on any atom is 0.194 e. The summed E-state index contributed by atoms with van der Waals surface area (Å²) < 4.78 is 13.6. The molecular weight excluding hydrogens is 535 g/mol. The van der Waals surface area contributed by atoms with Crippen molar-refractivity contribution in [1.29, 1.82) is 5.41 Å². The number of nitrogens with two attached hydrogens (primary N) is 1. The molecule has 2 aliphatic carbocycles. The standard InChI is InChI=1S/C36H59FN6/c1-36(2,3)30-17-15-29(16-18-30)25-43-33(23-27-10-5-4-6-11-27)26-41(35(43)39)20-8-7-14-32-24-40-34(38)42(32)21-19-28-12-9-13-31(37)22-28/h9,12-13,22,27,29-30,32-33,39H,4-8,10-11,14-21,23-26H2,1-3H3,(H2,38,40)/t29?,30?,32-,33+/m0/s1. The molecule has 2 aliphatic heterocycles. The highest BCUT2D eigenvalue weighted by Crippen LogP contribution is 2.41. The molecule has 2 saturated carbocycles. The molecular formula is C36H59FN6. The van der Waals surface area contributed by atoms with Crippen LogP contribution in [0.25, 0.3) is 0 Å². The van der Waals surface area contributed by atoms with E-state index in [-0.39, 0.29) is 5.82 Å². The summed E-state index contributed by atoms with van der Waals surface area (Å²) in [7, 11) is 0. The Morgan fingerprint density at radius 3 is 2.42 bits per heavy atom. The van der Waals surface area contributed by atoms with Gasteiger partial charge in [-0.3, -0.25) is 10.4 Å². The molecule has 43 heavy (non-hydrogen) atoms. The Labute approximate surface area is 261 Å². The van der Waals surface area contributed by atoms with Gasteiger partial charge in [-0.15, -0.1) is 0 Å². The van der Waals surface area contributed by atoms with Crippen molar-refractivity contribution in [2.75, 3.05) is 32.7 Å². The third kappa shape index (κ3) is 8.66. The number of halogens is 1. The molecule has 0 bridgehead atoms. The molecule has 1 aromatic carbocycles. The Hall–Kier alpha value is -2.31. The van der Waals surface area contributed by atoms with Crippen molar-refractivity contribution >= 4 is 11.9 Å². The van der Waals surface area contributed by atoms with Crippen LogP contribution in [0.5, 0.6) is 0 Å². The SMILES string of the molecule is CC(C)(C)C1CCC(CN2C(=N)N(CCCC[C@H]3CN=C(N)N3CCc3cccc(F)c3)C[C@H]2CC2CCCCC2)CC1. The zero-order valence-electron chi connectivity index (χ0n) is 27.4. The number of hydrogen-bond acceptors (Lipinski definition) is 4. The van der Waals surface area contributed by atoms with Crippen LogP contribution < -0.4 is 5.73 Å². The Kier molecular flexibility index (Phi) is 10.9. The molecule has 4 aliphatic rings. The molecule has 0 unspecified atom stereocenters. The number of nitrogens with one attached hydrogen (secondary N) is 1. The molecule has 3 fully saturated rings. The number of benzene rings is 1. The second kappa shape index (κ2) is 14.6. The summed E-state index contributed by atoms with van der Waals surface area (Å²) in [6.45, 7) is 11.8. The molecule has 2 atom stereocenters. The van der Waals surface area contributed by atoms with Gasteiger partial charge in [0, 0.05) is 32.2 Å². The van der Waals surface area contributed by atoms with Crippen LogP contribution >= 0.6 is 0 Å². The van der Waals surface area contributed by atoms with Gasteiger partial charge in [0.25, 0.3) is 0 Å². The lowest BCUT2D eigenvalue weighted by Gasteiger charge is -2.39. The number of nitrogens with zero attached hydrogens (tertiary/aromatic N) is 4. The zero-order valence-corrected chi connectivity index (χ0v) is 27.4. The Bertz CT molecular complexity index is 1070. The van der Waals surface area contributed by atoms with E-state index in [1.54, 1.807) is 12.1 Å². The first-order valence-corrected chi connectivity index (χ1v) is 17.6. The zero-order chi connectivity index (χ0) is 30.4. The number of guanidine groups is 2. The van der Waals surface area contributed by atoms with E-state index in [0.717, 1.165) is 87.7 Å². The lowest BCUT2D eigenvalue weighted by molar-refractivity contribution is 0.131. The van der Waals surface area contributed by atoms with Crippen LogP contribution in [0, 0.1) is 34.4 Å². The van der Waals surface area contributed by atoms with Crippen LogP contribution in [0.2, 0.25) is 0 Å². The monoisotopic (exact) mass is 594 g/mol. The van der Waals surface area contributed by atoms with Gasteiger partial charge in [0.05, 0.1) is 12.6 Å². The van der Waals surface area contributed by atoms with Gasteiger partial charge in [-0.2, -0.15) is 0 Å². The average molecular weight is 595 g/mol. The van der Waals surface area contributed by atoms with E-state index in [1.165, 1.54) is 70.3 Å². The van der Waals surface area contributed by atoms with Crippen molar-refractivity contribution in [2.45, 2.75) is 123 Å². The molecule has 0 radical (unpaired) electrons. The largest absolute Gasteiger partial charge is 0.370 e. The molecule has 3 N–H and O–H groups in total. The molecule has 1 saturated heterocycles. The Balaban J connectivity index is 1.11. The van der Waals surface area contributed by atoms with Crippen molar-refractivity contribution in [3.63, 3.8) is 0 Å². The van der Waals surface area contributed by atoms with Crippen molar-refractivity contribution < 1.29 is 4.39 Å². The van der Waals surface area contributed by atoms with E-state index < -0.39 is 0 Å². The van der Waals surface area contributed by atoms with Gasteiger partial charge in [0.2, 0.25) is 0 Å². The number of unbranched alkanes of at least 4 members (excludes halogenated alkanes) is 1. The van der Waals surface area contributed by atoms with E-state index in [2.05, 4.69) is 40.5 Å². The predicted octanol–water partition coefficient (Wildman–Crippen LogP) is 7.28. The molecule has 2 heterocycles. The fourth-order valence-corrected chi connectivity index (χ4v) is 8.47. The Morgan fingerprint density at radius 2 is 1.70 bits per heavy atom. The summed E-state index contributed by atoms with van der Waals surface area (Å²) in [6, 6.07) is 7.70. The summed E-state index contributed by atoms with van der Waals surface area (Å²) in [5, 5.41) is 9.26. The summed E-state index contributed by atoms with van der Waals surface area (Å²) in [5.74, 6) is 3.66. The highest BCUT2D eigenvalue weighted by atomic mass is 19.1. The van der Waals surface area contributed by atoms with Gasteiger partial charge in [0.1, 0.15) is 5.82 Å². The highest BCUT2D eigenvalue weighted by molar-refractivity contribution is 5.80. The van der Waals surface area contributed by atoms with E-state index in [4.69, 9.17) is 5.73 Å². The lowest BCUT2D eigenvalue weighted by atomic mass is 9.70. The van der Waals surface area contributed by atoms with E-state index in [0.29, 0.717) is 23.5 Å². The second-order valence-electron chi connectivity index (χ2n) is 15.3. The van der Waals surface area contributed by atoms with Gasteiger partial charge in [-0.25, -0.2) is 4.39 Å². The molecule has 5 rings (SSSR count). The smallest absolute Gasteiger partial charge is 0.194 e. The predicted molar refractivity (Wildman–Crippen MR) is 177 cm³/mol. The van der Waals surface area contributed by atoms with E-state index in [1.807, 2.05) is 6.07 Å². The maximum atomic E-state index is 13.6. The van der Waals surface area contributed by atoms with Crippen LogP contribution in [0.15, 0.2) is 29.3 Å². The second-order valence-corrected chi connectivity index (χ2v) is 15.3. The first-order valence-electron chi connectivity index (χ1n) is 17.6. The molecule has 7 heteroatoms. The fraction of sp³-hybridized carbons (Fsp3) is 0.778. The molecule has 6 nitrogen and oxygen atoms in total. The van der Waals surface area contributed by atoms with Crippen molar-refractivity contribution in [3.05, 3.63) is 35.6 Å². The molecule has 0 spiro atoms. The third-order valence-electron chi connectivity index (χ3n) is 11.2. The molecule has 240 valence electrons. The summed E-state index contributed by atoms with van der Waals surface area (Å²) in [5.41, 5.74) is 7.68. The summed E-state index contributed by atoms with van der Waals surface area (Å²) >= 11 is 0. The van der Waals surface area contributed by atoms with E-state index >= 15 is 0 Å². The third-order valence-corrected chi connectivity index (χ3v) is 11.2. The van der Waals surface area contributed by atoms with Crippen molar-refractivity contribution in [1.82, 2.24) is 14.7 Å². The topological polar surface area (TPSA) is 72.0 Å². The van der Waals surface area contributed by atoms with Gasteiger partial charge in [-0.05, 0) is 98.7 Å². The van der Waals surface area contributed by atoms with Crippen LogP contribution in [-0.4, -0.2) is 71.4 Å². The van der Waals surface area contributed by atoms with Crippen LogP contribution in [0.3, 0.4) is 0 Å². The van der Waals surface area contributed by atoms with Gasteiger partial charge in [0.15, 0.2) is 11.9 Å².